The second-order valence-electron chi connectivity index (χ2n) is 5.28. The van der Waals surface area contributed by atoms with Crippen molar-refractivity contribution in [3.8, 4) is 0 Å². The van der Waals surface area contributed by atoms with E-state index in [2.05, 4.69) is 5.32 Å². The molecule has 0 saturated carbocycles. The number of halogens is 1. The molecule has 1 aromatic carbocycles. The number of nitrogens with one attached hydrogen (secondary N) is 1. The van der Waals surface area contributed by atoms with Crippen molar-refractivity contribution >= 4 is 5.91 Å². The molecular weight excluding hydrogens is 243 g/mol. The van der Waals surface area contributed by atoms with Gasteiger partial charge in [-0.1, -0.05) is 0 Å². The highest BCUT2D eigenvalue weighted by atomic mass is 19.1. The summed E-state index contributed by atoms with van der Waals surface area (Å²) in [5, 5.41) is 3.17. The van der Waals surface area contributed by atoms with Gasteiger partial charge >= 0.3 is 0 Å². The molecule has 4 heteroatoms. The summed E-state index contributed by atoms with van der Waals surface area (Å²) in [5.74, 6) is 0.252. The summed E-state index contributed by atoms with van der Waals surface area (Å²) in [6, 6.07) is 4.37. The number of amides is 1. The van der Waals surface area contributed by atoms with E-state index < -0.39 is 0 Å². The summed E-state index contributed by atoms with van der Waals surface area (Å²) in [7, 11) is 1.94. The van der Waals surface area contributed by atoms with E-state index >= 15 is 0 Å². The van der Waals surface area contributed by atoms with Crippen LogP contribution in [-0.4, -0.2) is 37.5 Å². The zero-order valence-corrected chi connectivity index (χ0v) is 11.6. The Morgan fingerprint density at radius 1 is 1.53 bits per heavy atom. The maximum absolute atomic E-state index is 13.1. The van der Waals surface area contributed by atoms with Gasteiger partial charge in [0.2, 0.25) is 0 Å². The topological polar surface area (TPSA) is 32.3 Å². The number of likely N-dealkylation sites (tertiary alicyclic amines) is 1. The summed E-state index contributed by atoms with van der Waals surface area (Å²) >= 11 is 0. The van der Waals surface area contributed by atoms with Crippen LogP contribution in [0.1, 0.15) is 28.8 Å². The van der Waals surface area contributed by atoms with Crippen LogP contribution in [0.25, 0.3) is 0 Å². The van der Waals surface area contributed by atoms with Crippen molar-refractivity contribution in [1.29, 1.82) is 0 Å². The lowest BCUT2D eigenvalue weighted by molar-refractivity contribution is 0.0673. The first-order chi connectivity index (χ1) is 9.11. The summed E-state index contributed by atoms with van der Waals surface area (Å²) in [5.41, 5.74) is 1.33. The zero-order valence-electron chi connectivity index (χ0n) is 11.6. The minimum atomic E-state index is -0.291. The highest BCUT2D eigenvalue weighted by Crippen LogP contribution is 2.20. The molecule has 1 saturated heterocycles. The zero-order chi connectivity index (χ0) is 13.8. The fourth-order valence-electron chi connectivity index (χ4n) is 2.74. The van der Waals surface area contributed by atoms with E-state index in [9.17, 15) is 9.18 Å². The fourth-order valence-corrected chi connectivity index (χ4v) is 2.74. The Balaban J connectivity index is 2.10. The predicted molar refractivity (Wildman–Crippen MR) is 73.7 cm³/mol. The average molecular weight is 264 g/mol. The van der Waals surface area contributed by atoms with E-state index in [0.29, 0.717) is 17.0 Å². The lowest BCUT2D eigenvalue weighted by Crippen LogP contribution is -2.42. The maximum atomic E-state index is 13.1. The summed E-state index contributed by atoms with van der Waals surface area (Å²) in [4.78, 5) is 14.4. The smallest absolute Gasteiger partial charge is 0.254 e. The van der Waals surface area contributed by atoms with E-state index in [1.807, 2.05) is 11.9 Å². The summed E-state index contributed by atoms with van der Waals surface area (Å²) < 4.78 is 13.1. The number of rotatable bonds is 3. The third-order valence-electron chi connectivity index (χ3n) is 3.72. The van der Waals surface area contributed by atoms with Gasteiger partial charge in [0.05, 0.1) is 0 Å². The van der Waals surface area contributed by atoms with Gasteiger partial charge in [-0.25, -0.2) is 4.39 Å². The Hall–Kier alpha value is -1.42. The number of hydrogen-bond acceptors (Lipinski definition) is 2. The molecule has 2 rings (SSSR count). The molecule has 1 atom stereocenters. The van der Waals surface area contributed by atoms with Crippen LogP contribution in [-0.2, 0) is 0 Å². The molecule has 0 bridgehead atoms. The van der Waals surface area contributed by atoms with Crippen molar-refractivity contribution in [2.45, 2.75) is 19.8 Å². The molecule has 0 spiro atoms. The predicted octanol–water partition coefficient (Wildman–Crippen LogP) is 2.21. The number of nitrogens with zero attached hydrogens (tertiary/aromatic N) is 1. The first-order valence-electron chi connectivity index (χ1n) is 6.82. The molecule has 3 nitrogen and oxygen atoms in total. The lowest BCUT2D eigenvalue weighted by atomic mass is 9.97. The van der Waals surface area contributed by atoms with Gasteiger partial charge in [0.15, 0.2) is 0 Å². The van der Waals surface area contributed by atoms with Crippen LogP contribution in [0.4, 0.5) is 4.39 Å². The maximum Gasteiger partial charge on any atom is 0.254 e. The largest absolute Gasteiger partial charge is 0.338 e. The van der Waals surface area contributed by atoms with Gasteiger partial charge in [-0.3, -0.25) is 4.79 Å². The highest BCUT2D eigenvalue weighted by Gasteiger charge is 2.24. The molecule has 1 aromatic rings. The third kappa shape index (κ3) is 3.32. The Kier molecular flexibility index (Phi) is 4.53. The molecule has 1 aliphatic rings. The van der Waals surface area contributed by atoms with Gasteiger partial charge in [-0.15, -0.1) is 0 Å². The number of hydrogen-bond donors (Lipinski definition) is 1. The molecule has 0 radical (unpaired) electrons. The van der Waals surface area contributed by atoms with Crippen molar-refractivity contribution < 1.29 is 9.18 Å². The van der Waals surface area contributed by atoms with Gasteiger partial charge < -0.3 is 10.2 Å². The Bertz CT molecular complexity index is 459. The molecule has 1 amide bonds. The van der Waals surface area contributed by atoms with Crippen LogP contribution in [0.15, 0.2) is 18.2 Å². The molecule has 1 aliphatic heterocycles. The first-order valence-corrected chi connectivity index (χ1v) is 6.82. The van der Waals surface area contributed by atoms with Gasteiger partial charge in [-0.05, 0) is 63.0 Å². The molecule has 19 heavy (non-hydrogen) atoms. The van der Waals surface area contributed by atoms with Crippen molar-refractivity contribution in [1.82, 2.24) is 10.2 Å². The number of aryl methyl sites for hydroxylation is 1. The van der Waals surface area contributed by atoms with Crippen molar-refractivity contribution in [3.05, 3.63) is 35.1 Å². The molecule has 1 heterocycles. The van der Waals surface area contributed by atoms with Crippen LogP contribution in [0.3, 0.4) is 0 Å². The quantitative estimate of drug-likeness (QED) is 0.907. The van der Waals surface area contributed by atoms with Gasteiger partial charge in [-0.2, -0.15) is 0 Å². The van der Waals surface area contributed by atoms with E-state index in [1.54, 1.807) is 13.0 Å². The Labute approximate surface area is 113 Å². The third-order valence-corrected chi connectivity index (χ3v) is 3.72. The van der Waals surface area contributed by atoms with E-state index in [4.69, 9.17) is 0 Å². The second-order valence-corrected chi connectivity index (χ2v) is 5.28. The van der Waals surface area contributed by atoms with Crippen LogP contribution in [0.5, 0.6) is 0 Å². The van der Waals surface area contributed by atoms with Gasteiger partial charge in [0.25, 0.3) is 5.91 Å². The van der Waals surface area contributed by atoms with Gasteiger partial charge in [0.1, 0.15) is 5.82 Å². The summed E-state index contributed by atoms with van der Waals surface area (Å²) in [6.45, 7) is 4.31. The van der Waals surface area contributed by atoms with Crippen LogP contribution < -0.4 is 5.32 Å². The van der Waals surface area contributed by atoms with E-state index in [-0.39, 0.29) is 11.7 Å². The lowest BCUT2D eigenvalue weighted by Gasteiger charge is -2.33. The second kappa shape index (κ2) is 6.15. The van der Waals surface area contributed by atoms with E-state index in [0.717, 1.165) is 32.5 Å². The number of piperidine rings is 1. The van der Waals surface area contributed by atoms with Crippen molar-refractivity contribution in [2.24, 2.45) is 5.92 Å². The molecule has 1 unspecified atom stereocenters. The Morgan fingerprint density at radius 2 is 2.32 bits per heavy atom. The minimum absolute atomic E-state index is 0.0262. The number of carbonyl (C=O) groups excluding carboxylic acids is 1. The molecule has 1 fully saturated rings. The van der Waals surface area contributed by atoms with Crippen LogP contribution >= 0.6 is 0 Å². The van der Waals surface area contributed by atoms with Crippen molar-refractivity contribution in [3.63, 3.8) is 0 Å². The SMILES string of the molecule is CNCC1CCCN(C(=O)c2ccc(F)cc2C)C1. The molecule has 0 aromatic heterocycles. The standard InChI is InChI=1S/C15H21FN2O/c1-11-8-13(16)5-6-14(11)15(19)18-7-3-4-12(10-18)9-17-2/h5-6,8,12,17H,3-4,7,9-10H2,1-2H3. The monoisotopic (exact) mass is 264 g/mol. The summed E-state index contributed by atoms with van der Waals surface area (Å²) in [6.07, 6.45) is 2.20. The number of benzene rings is 1. The van der Waals surface area contributed by atoms with E-state index in [1.165, 1.54) is 12.1 Å². The van der Waals surface area contributed by atoms with Gasteiger partial charge in [0, 0.05) is 18.7 Å². The minimum Gasteiger partial charge on any atom is -0.338 e. The first kappa shape index (κ1) is 14.0. The fraction of sp³-hybridized carbons (Fsp3) is 0.533. The molecule has 104 valence electrons. The average Bonchev–Trinajstić information content (AvgIpc) is 2.39. The molecule has 1 N–H and O–H groups in total. The Morgan fingerprint density at radius 3 is 3.00 bits per heavy atom. The van der Waals surface area contributed by atoms with Crippen LogP contribution in [0, 0.1) is 18.7 Å². The number of carbonyl (C=O) groups is 1. The molecular formula is C15H21FN2O. The highest BCUT2D eigenvalue weighted by molar-refractivity contribution is 5.95. The normalized spacial score (nSPS) is 19.5. The van der Waals surface area contributed by atoms with Crippen LogP contribution in [0.2, 0.25) is 0 Å². The molecule has 0 aliphatic carbocycles. The van der Waals surface area contributed by atoms with Crippen molar-refractivity contribution in [2.75, 3.05) is 26.7 Å².